The van der Waals surface area contributed by atoms with Gasteiger partial charge in [-0.15, -0.1) is 0 Å². The number of pyridine rings is 1. The third kappa shape index (κ3) is 4.40. The molecule has 0 aliphatic carbocycles. The molecule has 0 fully saturated rings. The summed E-state index contributed by atoms with van der Waals surface area (Å²) in [5.74, 6) is 0. The van der Waals surface area contributed by atoms with E-state index in [9.17, 15) is 4.79 Å². The van der Waals surface area contributed by atoms with E-state index in [2.05, 4.69) is 20.3 Å². The van der Waals surface area contributed by atoms with Gasteiger partial charge in [-0.1, -0.05) is 22.8 Å². The molecule has 5 nitrogen and oxygen atoms in total. The molecule has 0 bridgehead atoms. The molecule has 6 heteroatoms. The summed E-state index contributed by atoms with van der Waals surface area (Å²) in [7, 11) is 0. The number of rotatable bonds is 3. The molecule has 2 aromatic rings. The Morgan fingerprint density at radius 2 is 2.05 bits per heavy atom. The Kier molecular flexibility index (Phi) is 4.47. The molecule has 0 spiro atoms. The van der Waals surface area contributed by atoms with Gasteiger partial charge in [-0.25, -0.2) is 4.79 Å². The van der Waals surface area contributed by atoms with Gasteiger partial charge in [-0.3, -0.25) is 15.1 Å². The lowest BCUT2D eigenvalue weighted by Gasteiger charge is -2.01. The summed E-state index contributed by atoms with van der Waals surface area (Å²) in [5.41, 5.74) is 1.17. The van der Waals surface area contributed by atoms with Crippen molar-refractivity contribution < 1.29 is 9.63 Å². The van der Waals surface area contributed by atoms with E-state index in [1.54, 1.807) is 42.6 Å². The van der Waals surface area contributed by atoms with Crippen LogP contribution in [0.3, 0.4) is 0 Å². The Morgan fingerprint density at radius 1 is 1.26 bits per heavy atom. The number of nitrogens with zero attached hydrogens (tertiary/aromatic N) is 2. The number of benzene rings is 1. The molecule has 96 valence electrons. The molecule has 2 rings (SSSR count). The van der Waals surface area contributed by atoms with Gasteiger partial charge in [0.25, 0.3) is 0 Å². The highest BCUT2D eigenvalue weighted by Crippen LogP contribution is 2.13. The summed E-state index contributed by atoms with van der Waals surface area (Å²) < 4.78 is 0. The molecule has 0 unspecified atom stereocenters. The number of oxime groups is 1. The van der Waals surface area contributed by atoms with Gasteiger partial charge in [-0.05, 0) is 36.4 Å². The van der Waals surface area contributed by atoms with Gasteiger partial charge in [0.05, 0.1) is 11.9 Å². The second-order valence-corrected chi connectivity index (χ2v) is 3.94. The molecule has 1 N–H and O–H groups in total. The van der Waals surface area contributed by atoms with E-state index in [0.717, 1.165) is 0 Å². The molecule has 0 aliphatic heterocycles. The van der Waals surface area contributed by atoms with Crippen molar-refractivity contribution in [2.75, 3.05) is 5.32 Å². The van der Waals surface area contributed by atoms with Crippen LogP contribution in [0.15, 0.2) is 53.8 Å². The standard InChI is InChI=1S/C13H10ClN3O2/c14-10-4-6-11(7-5-10)17-13(18)19-16-9-12-3-1-2-8-15-12/h1-9H,(H,17,18)/b16-9-. The minimum atomic E-state index is -0.686. The van der Waals surface area contributed by atoms with E-state index in [0.29, 0.717) is 16.4 Å². The molecule has 1 aromatic heterocycles. The summed E-state index contributed by atoms with van der Waals surface area (Å²) in [6.45, 7) is 0. The molecule has 0 aliphatic rings. The predicted octanol–water partition coefficient (Wildman–Crippen LogP) is 3.32. The van der Waals surface area contributed by atoms with Gasteiger partial charge in [-0.2, -0.15) is 0 Å². The molecular weight excluding hydrogens is 266 g/mol. The zero-order valence-electron chi connectivity index (χ0n) is 9.79. The first-order valence-electron chi connectivity index (χ1n) is 5.42. The predicted molar refractivity (Wildman–Crippen MR) is 73.4 cm³/mol. The van der Waals surface area contributed by atoms with Crippen LogP contribution in [0.2, 0.25) is 5.02 Å². The summed E-state index contributed by atoms with van der Waals surface area (Å²) >= 11 is 5.73. The Hall–Kier alpha value is -2.40. The maximum atomic E-state index is 11.4. The van der Waals surface area contributed by atoms with Gasteiger partial charge in [0.1, 0.15) is 0 Å². The Morgan fingerprint density at radius 3 is 2.74 bits per heavy atom. The number of halogens is 1. The number of nitrogens with one attached hydrogen (secondary N) is 1. The molecule has 0 atom stereocenters. The van der Waals surface area contributed by atoms with E-state index < -0.39 is 6.09 Å². The summed E-state index contributed by atoms with van der Waals surface area (Å²) in [5, 5.41) is 6.62. The smallest absolute Gasteiger partial charge is 0.298 e. The number of anilines is 1. The average molecular weight is 276 g/mol. The van der Waals surface area contributed by atoms with Crippen LogP contribution < -0.4 is 5.32 Å². The summed E-state index contributed by atoms with van der Waals surface area (Å²) in [4.78, 5) is 20.0. The number of hydrogen-bond acceptors (Lipinski definition) is 4. The molecule has 0 saturated carbocycles. The zero-order chi connectivity index (χ0) is 13.5. The topological polar surface area (TPSA) is 63.6 Å². The number of hydrogen-bond donors (Lipinski definition) is 1. The van der Waals surface area contributed by atoms with Gasteiger partial charge in [0.15, 0.2) is 0 Å². The first kappa shape index (κ1) is 13.0. The second-order valence-electron chi connectivity index (χ2n) is 3.50. The SMILES string of the molecule is O=C(Nc1ccc(Cl)cc1)O/N=C\c1ccccn1. The fourth-order valence-electron chi connectivity index (χ4n) is 1.25. The molecule has 0 saturated heterocycles. The Labute approximate surface area is 114 Å². The highest BCUT2D eigenvalue weighted by molar-refractivity contribution is 6.30. The van der Waals surface area contributed by atoms with Crippen molar-refractivity contribution in [3.05, 3.63) is 59.4 Å². The van der Waals surface area contributed by atoms with Gasteiger partial charge < -0.3 is 0 Å². The van der Waals surface area contributed by atoms with E-state index >= 15 is 0 Å². The van der Waals surface area contributed by atoms with Crippen molar-refractivity contribution in [3.63, 3.8) is 0 Å². The molecule has 1 heterocycles. The van der Waals surface area contributed by atoms with Crippen LogP contribution >= 0.6 is 11.6 Å². The van der Waals surface area contributed by atoms with E-state index in [1.807, 2.05) is 6.07 Å². The van der Waals surface area contributed by atoms with Crippen LogP contribution in [0.1, 0.15) is 5.69 Å². The van der Waals surface area contributed by atoms with E-state index in [-0.39, 0.29) is 0 Å². The van der Waals surface area contributed by atoms with Crippen molar-refractivity contribution in [3.8, 4) is 0 Å². The number of carbonyl (C=O) groups excluding carboxylic acids is 1. The minimum absolute atomic E-state index is 0.572. The molecular formula is C13H10ClN3O2. The molecule has 19 heavy (non-hydrogen) atoms. The number of amides is 1. The van der Waals surface area contributed by atoms with Gasteiger partial charge in [0.2, 0.25) is 0 Å². The maximum absolute atomic E-state index is 11.4. The number of carbonyl (C=O) groups is 1. The van der Waals surface area contributed by atoms with Gasteiger partial charge in [0, 0.05) is 16.9 Å². The average Bonchev–Trinajstić information content (AvgIpc) is 2.43. The normalized spacial score (nSPS) is 10.4. The Bertz CT molecular complexity index is 570. The second kappa shape index (κ2) is 6.51. The maximum Gasteiger partial charge on any atom is 0.437 e. The molecule has 1 aromatic carbocycles. The fourth-order valence-corrected chi connectivity index (χ4v) is 1.38. The van der Waals surface area contributed by atoms with Crippen LogP contribution in [0.5, 0.6) is 0 Å². The summed E-state index contributed by atoms with van der Waals surface area (Å²) in [6, 6.07) is 12.0. The van der Waals surface area contributed by atoms with Crippen LogP contribution in [-0.4, -0.2) is 17.3 Å². The lowest BCUT2D eigenvalue weighted by molar-refractivity contribution is 0.167. The minimum Gasteiger partial charge on any atom is -0.298 e. The van der Waals surface area contributed by atoms with Crippen molar-refractivity contribution in [1.29, 1.82) is 0 Å². The van der Waals surface area contributed by atoms with Crippen LogP contribution in [0.25, 0.3) is 0 Å². The lowest BCUT2D eigenvalue weighted by atomic mass is 10.3. The monoisotopic (exact) mass is 275 g/mol. The quantitative estimate of drug-likeness (QED) is 0.531. The lowest BCUT2D eigenvalue weighted by Crippen LogP contribution is -2.10. The first-order chi connectivity index (χ1) is 9.24. The van der Waals surface area contributed by atoms with Crippen molar-refractivity contribution in [1.82, 2.24) is 4.98 Å². The highest BCUT2D eigenvalue weighted by Gasteiger charge is 2.01. The Balaban J connectivity index is 1.85. The van der Waals surface area contributed by atoms with Crippen molar-refractivity contribution >= 4 is 29.6 Å². The van der Waals surface area contributed by atoms with Crippen LogP contribution in [0, 0.1) is 0 Å². The van der Waals surface area contributed by atoms with Crippen molar-refractivity contribution in [2.24, 2.45) is 5.16 Å². The zero-order valence-corrected chi connectivity index (χ0v) is 10.5. The van der Waals surface area contributed by atoms with E-state index in [4.69, 9.17) is 11.6 Å². The largest absolute Gasteiger partial charge is 0.437 e. The molecule has 1 amide bonds. The van der Waals surface area contributed by atoms with Crippen LogP contribution in [-0.2, 0) is 4.84 Å². The van der Waals surface area contributed by atoms with E-state index in [1.165, 1.54) is 6.21 Å². The highest BCUT2D eigenvalue weighted by atomic mass is 35.5. The fraction of sp³-hybridized carbons (Fsp3) is 0. The van der Waals surface area contributed by atoms with Crippen molar-refractivity contribution in [2.45, 2.75) is 0 Å². The summed E-state index contributed by atoms with van der Waals surface area (Å²) in [6.07, 6.45) is 2.28. The third-order valence-corrected chi connectivity index (χ3v) is 2.35. The van der Waals surface area contributed by atoms with Gasteiger partial charge >= 0.3 is 6.09 Å². The number of aromatic nitrogens is 1. The first-order valence-corrected chi connectivity index (χ1v) is 5.80. The molecule has 0 radical (unpaired) electrons. The third-order valence-electron chi connectivity index (χ3n) is 2.10. The van der Waals surface area contributed by atoms with Crippen LogP contribution in [0.4, 0.5) is 10.5 Å².